The number of nitrogens with zero attached hydrogens (tertiary/aromatic N) is 2. The third-order valence-corrected chi connectivity index (χ3v) is 2.64. The summed E-state index contributed by atoms with van der Waals surface area (Å²) >= 11 is 0. The van der Waals surface area contributed by atoms with Crippen LogP contribution in [-0.2, 0) is 0 Å². The van der Waals surface area contributed by atoms with Crippen LogP contribution in [0.1, 0.15) is 17.2 Å². The van der Waals surface area contributed by atoms with E-state index >= 15 is 0 Å². The highest BCUT2D eigenvalue weighted by Gasteiger charge is 2.16. The first-order chi connectivity index (χ1) is 6.00. The second kappa shape index (κ2) is 3.52. The van der Waals surface area contributed by atoms with Crippen molar-refractivity contribution in [3.05, 3.63) is 24.0 Å². The maximum absolute atomic E-state index is 4.05. The van der Waals surface area contributed by atoms with Crippen LogP contribution in [0.3, 0.4) is 0 Å². The molecular weight excluding hydrogens is 158 g/mol. The Hall–Kier alpha value is -0.790. The summed E-state index contributed by atoms with van der Waals surface area (Å²) in [6, 6.07) is 0. The van der Waals surface area contributed by atoms with E-state index in [2.05, 4.69) is 57.6 Å². The van der Waals surface area contributed by atoms with Gasteiger partial charge < -0.3 is 8.96 Å². The molecular formula is C9H17B2N2. The zero-order chi connectivity index (χ0) is 10.2. The van der Waals surface area contributed by atoms with E-state index in [1.165, 1.54) is 17.2 Å². The van der Waals surface area contributed by atoms with Crippen LogP contribution in [-0.4, -0.2) is 18.7 Å². The van der Waals surface area contributed by atoms with Crippen LogP contribution in [0.25, 0.3) is 0 Å². The van der Waals surface area contributed by atoms with Gasteiger partial charge in [0, 0.05) is 6.92 Å². The van der Waals surface area contributed by atoms with Crippen LogP contribution >= 0.6 is 0 Å². The van der Waals surface area contributed by atoms with Gasteiger partial charge in [-0.25, -0.2) is 6.82 Å². The summed E-state index contributed by atoms with van der Waals surface area (Å²) < 4.78 is 4.46. The van der Waals surface area contributed by atoms with Gasteiger partial charge in [-0.05, 0) is 13.8 Å². The molecule has 0 unspecified atom stereocenters. The second-order valence-electron chi connectivity index (χ2n) is 3.57. The highest BCUT2D eigenvalue weighted by Crippen LogP contribution is 2.07. The molecule has 0 atom stereocenters. The average molecular weight is 175 g/mol. The standard InChI is InChI=1S/C9H17B2N2/c1-7-8(2)13(11(5)6)9(3)12(7)10-4/h5H2,1-4,6H3. The Bertz CT molecular complexity index is 316. The molecule has 0 saturated heterocycles. The number of rotatable bonds is 2. The van der Waals surface area contributed by atoms with Crippen molar-refractivity contribution in [1.29, 1.82) is 0 Å². The van der Waals surface area contributed by atoms with Crippen molar-refractivity contribution in [2.75, 3.05) is 0 Å². The highest BCUT2D eigenvalue weighted by molar-refractivity contribution is 6.57. The minimum absolute atomic E-state index is 0.292. The predicted molar refractivity (Wildman–Crippen MR) is 58.2 cm³/mol. The highest BCUT2D eigenvalue weighted by atomic mass is 15.1. The summed E-state index contributed by atoms with van der Waals surface area (Å²) in [5.41, 5.74) is 2.61. The van der Waals surface area contributed by atoms with Crippen LogP contribution in [0.5, 0.6) is 0 Å². The third-order valence-electron chi connectivity index (χ3n) is 2.64. The summed E-state index contributed by atoms with van der Waals surface area (Å²) in [7, 11) is 2.09. The Morgan fingerprint density at radius 3 is 2.15 bits per heavy atom. The molecule has 1 heterocycles. The molecule has 0 fully saturated rings. The van der Waals surface area contributed by atoms with E-state index in [1.54, 1.807) is 0 Å². The molecule has 1 rings (SSSR count). The largest absolute Gasteiger partial charge is 0.495 e. The number of hydrogen-bond donors (Lipinski definition) is 0. The van der Waals surface area contributed by atoms with E-state index in [4.69, 9.17) is 0 Å². The summed E-state index contributed by atoms with van der Waals surface area (Å²) in [6.07, 6.45) is 0. The molecule has 4 heteroatoms. The molecule has 0 aromatic carbocycles. The van der Waals surface area contributed by atoms with Crippen LogP contribution in [0.4, 0.5) is 0 Å². The van der Waals surface area contributed by atoms with Gasteiger partial charge in [-0.3, -0.25) is 0 Å². The van der Waals surface area contributed by atoms with Gasteiger partial charge in [0.15, 0.2) is 5.82 Å². The Kier molecular flexibility index (Phi) is 2.79. The molecule has 0 bridgehead atoms. The van der Waals surface area contributed by atoms with Crippen molar-refractivity contribution < 1.29 is 4.48 Å². The average Bonchev–Trinajstić information content (AvgIpc) is 2.24. The molecule has 13 heavy (non-hydrogen) atoms. The smallest absolute Gasteiger partial charge is 0.332 e. The Morgan fingerprint density at radius 2 is 1.92 bits per heavy atom. The molecule has 69 valence electrons. The van der Waals surface area contributed by atoms with Gasteiger partial charge in [0.1, 0.15) is 0 Å². The van der Waals surface area contributed by atoms with Crippen molar-refractivity contribution in [2.45, 2.75) is 34.4 Å². The zero-order valence-electron chi connectivity index (χ0n) is 9.26. The predicted octanol–water partition coefficient (Wildman–Crippen LogP) is 1.06. The fraction of sp³-hybridized carbons (Fsp3) is 0.556. The second-order valence-corrected chi connectivity index (χ2v) is 3.57. The number of aromatic nitrogens is 2. The van der Waals surface area contributed by atoms with Crippen LogP contribution in [0.2, 0.25) is 13.6 Å². The van der Waals surface area contributed by atoms with Crippen molar-refractivity contribution in [1.82, 2.24) is 4.48 Å². The quantitative estimate of drug-likeness (QED) is 0.469. The fourth-order valence-corrected chi connectivity index (χ4v) is 1.98. The van der Waals surface area contributed by atoms with Crippen LogP contribution < -0.4 is 4.48 Å². The first-order valence-electron chi connectivity index (χ1n) is 4.72. The number of hydrogen-bond acceptors (Lipinski definition) is 0. The molecule has 1 aromatic rings. The molecule has 0 aliphatic carbocycles. The molecule has 0 amide bonds. The Labute approximate surface area is 82.3 Å². The van der Waals surface area contributed by atoms with Crippen molar-refractivity contribution in [3.63, 3.8) is 0 Å². The Morgan fingerprint density at radius 1 is 1.38 bits per heavy atom. The lowest BCUT2D eigenvalue weighted by Gasteiger charge is -2.12. The normalized spacial score (nSPS) is 11.2. The van der Waals surface area contributed by atoms with E-state index in [9.17, 15) is 0 Å². The van der Waals surface area contributed by atoms with E-state index in [0.29, 0.717) is 6.85 Å². The summed E-state index contributed by atoms with van der Waals surface area (Å²) in [6.45, 7) is 14.9. The van der Waals surface area contributed by atoms with E-state index in [-0.39, 0.29) is 0 Å². The summed E-state index contributed by atoms with van der Waals surface area (Å²) in [5.74, 6) is 1.25. The molecule has 2 nitrogen and oxygen atoms in total. The molecule has 3 radical (unpaired) electrons. The molecule has 0 spiro atoms. The van der Waals surface area contributed by atoms with Crippen LogP contribution in [0, 0.1) is 27.6 Å². The Balaban J connectivity index is 3.36. The molecule has 0 aliphatic rings. The first-order valence-corrected chi connectivity index (χ1v) is 4.72. The molecule has 0 saturated carbocycles. The van der Waals surface area contributed by atoms with Gasteiger partial charge in [0.2, 0.25) is 0 Å². The van der Waals surface area contributed by atoms with E-state index in [1.807, 2.05) is 0 Å². The maximum atomic E-state index is 4.05. The van der Waals surface area contributed by atoms with Crippen molar-refractivity contribution in [2.24, 2.45) is 0 Å². The van der Waals surface area contributed by atoms with Gasteiger partial charge in [0.05, 0.1) is 11.4 Å². The van der Waals surface area contributed by atoms with E-state index < -0.39 is 0 Å². The fourth-order valence-electron chi connectivity index (χ4n) is 1.98. The van der Waals surface area contributed by atoms with Crippen molar-refractivity contribution >= 4 is 14.3 Å². The van der Waals surface area contributed by atoms with E-state index in [0.717, 1.165) is 0 Å². The lowest BCUT2D eigenvalue weighted by Crippen LogP contribution is -2.43. The SMILES string of the molecule is [CH2+][B-](C)n1c(C)c(C)[n+]([B-]C)c1C. The van der Waals surface area contributed by atoms with Gasteiger partial charge in [-0.2, -0.15) is 0 Å². The van der Waals surface area contributed by atoms with Gasteiger partial charge in [-0.1, -0.05) is 7.41 Å². The van der Waals surface area contributed by atoms with Gasteiger partial charge >= 0.3 is 6.85 Å². The zero-order valence-corrected chi connectivity index (χ0v) is 9.26. The minimum atomic E-state index is 0.292. The topological polar surface area (TPSA) is 8.81 Å². The maximum Gasteiger partial charge on any atom is 0.332 e. The third kappa shape index (κ3) is 1.50. The van der Waals surface area contributed by atoms with Gasteiger partial charge in [-0.15, -0.1) is 13.6 Å². The van der Waals surface area contributed by atoms with Crippen LogP contribution in [0.15, 0.2) is 0 Å². The molecule has 0 N–H and O–H groups in total. The summed E-state index contributed by atoms with van der Waals surface area (Å²) in [5, 5.41) is 0. The van der Waals surface area contributed by atoms with Crippen molar-refractivity contribution in [3.8, 4) is 0 Å². The molecule has 0 aliphatic heterocycles. The lowest BCUT2D eigenvalue weighted by atomic mass is 9.67. The van der Waals surface area contributed by atoms with Gasteiger partial charge in [0.25, 0.3) is 0 Å². The molecule has 1 aromatic heterocycles. The monoisotopic (exact) mass is 175 g/mol. The summed E-state index contributed by atoms with van der Waals surface area (Å²) in [4.78, 5) is 0. The number of imidazole rings is 1. The first kappa shape index (κ1) is 10.3. The minimum Gasteiger partial charge on any atom is -0.495 e. The lowest BCUT2D eigenvalue weighted by molar-refractivity contribution is -0.543.